The van der Waals surface area contributed by atoms with Crippen LogP contribution < -0.4 is 4.90 Å². The lowest BCUT2D eigenvalue weighted by atomic mass is 10.2. The van der Waals surface area contributed by atoms with Crippen molar-refractivity contribution in [2.24, 2.45) is 0 Å². The highest BCUT2D eigenvalue weighted by Gasteiger charge is 2.23. The van der Waals surface area contributed by atoms with Crippen LogP contribution in [0.15, 0.2) is 24.3 Å². The minimum atomic E-state index is 0.206. The molecule has 0 N–H and O–H groups in total. The van der Waals surface area contributed by atoms with Gasteiger partial charge in [-0.3, -0.25) is 9.69 Å². The van der Waals surface area contributed by atoms with Crippen LogP contribution in [0.1, 0.15) is 12.5 Å². The lowest BCUT2D eigenvalue weighted by Crippen LogP contribution is -2.50. The lowest BCUT2D eigenvalue weighted by molar-refractivity contribution is -0.121. The Kier molecular flexibility index (Phi) is 3.25. The number of benzene rings is 1. The number of piperazine rings is 1. The van der Waals surface area contributed by atoms with E-state index < -0.39 is 0 Å². The molecule has 0 saturated carbocycles. The highest BCUT2D eigenvalue weighted by atomic mass is 16.2. The number of anilines is 1. The van der Waals surface area contributed by atoms with Crippen LogP contribution >= 0.6 is 0 Å². The Morgan fingerprint density at radius 3 is 2.44 bits per heavy atom. The lowest BCUT2D eigenvalue weighted by Gasteiger charge is -2.33. The average Bonchev–Trinajstić information content (AvgIpc) is 2.30. The molecule has 86 valence electrons. The Hall–Kier alpha value is -1.35. The van der Waals surface area contributed by atoms with Crippen molar-refractivity contribution in [3.63, 3.8) is 0 Å². The Balaban J connectivity index is 2.11. The Morgan fingerprint density at radius 1 is 1.19 bits per heavy atom. The fourth-order valence-corrected chi connectivity index (χ4v) is 1.99. The number of amides is 1. The fourth-order valence-electron chi connectivity index (χ4n) is 1.99. The third-order valence-electron chi connectivity index (χ3n) is 3.09. The number of carbonyl (C=O) groups is 1. The maximum atomic E-state index is 11.9. The zero-order chi connectivity index (χ0) is 11.5. The van der Waals surface area contributed by atoms with Crippen LogP contribution in [0.3, 0.4) is 0 Å². The standard InChI is InChI=1S/C13H18N2O/c1-3-14-8-9-15(13(16)10-14)12-6-4-11(2)5-7-12/h4-7H,3,8-10H2,1-2H3. The number of aryl methyl sites for hydroxylation is 1. The summed E-state index contributed by atoms with van der Waals surface area (Å²) in [6.45, 7) is 7.42. The van der Waals surface area contributed by atoms with Crippen molar-refractivity contribution in [2.45, 2.75) is 13.8 Å². The van der Waals surface area contributed by atoms with Crippen molar-refractivity contribution < 1.29 is 4.79 Å². The van der Waals surface area contributed by atoms with E-state index >= 15 is 0 Å². The van der Waals surface area contributed by atoms with E-state index in [1.807, 2.05) is 17.0 Å². The van der Waals surface area contributed by atoms with Gasteiger partial charge in [0, 0.05) is 18.8 Å². The molecule has 1 aromatic carbocycles. The molecule has 0 radical (unpaired) electrons. The summed E-state index contributed by atoms with van der Waals surface area (Å²) in [7, 11) is 0. The van der Waals surface area contributed by atoms with Gasteiger partial charge in [-0.2, -0.15) is 0 Å². The van der Waals surface area contributed by atoms with E-state index in [1.54, 1.807) is 0 Å². The van der Waals surface area contributed by atoms with Gasteiger partial charge in [0.2, 0.25) is 5.91 Å². The van der Waals surface area contributed by atoms with Gasteiger partial charge < -0.3 is 4.90 Å². The smallest absolute Gasteiger partial charge is 0.241 e. The number of likely N-dealkylation sites (N-methyl/N-ethyl adjacent to an activating group) is 1. The second-order valence-electron chi connectivity index (χ2n) is 4.25. The molecule has 1 aliphatic heterocycles. The number of hydrogen-bond acceptors (Lipinski definition) is 2. The second kappa shape index (κ2) is 4.66. The summed E-state index contributed by atoms with van der Waals surface area (Å²) in [4.78, 5) is 16.0. The summed E-state index contributed by atoms with van der Waals surface area (Å²) in [5, 5.41) is 0. The molecule has 3 nitrogen and oxygen atoms in total. The molecule has 1 heterocycles. The van der Waals surface area contributed by atoms with Crippen molar-refractivity contribution in [3.05, 3.63) is 29.8 Å². The third kappa shape index (κ3) is 2.25. The predicted molar refractivity (Wildman–Crippen MR) is 65.6 cm³/mol. The van der Waals surface area contributed by atoms with Crippen molar-refractivity contribution in [1.29, 1.82) is 0 Å². The first-order valence-electron chi connectivity index (χ1n) is 5.80. The molecule has 16 heavy (non-hydrogen) atoms. The van der Waals surface area contributed by atoms with Gasteiger partial charge in [-0.1, -0.05) is 24.6 Å². The minimum absolute atomic E-state index is 0.206. The molecule has 1 fully saturated rings. The average molecular weight is 218 g/mol. The Labute approximate surface area is 96.7 Å². The van der Waals surface area contributed by atoms with E-state index in [-0.39, 0.29) is 5.91 Å². The third-order valence-corrected chi connectivity index (χ3v) is 3.09. The van der Waals surface area contributed by atoms with E-state index in [4.69, 9.17) is 0 Å². The van der Waals surface area contributed by atoms with Crippen LogP contribution in [-0.2, 0) is 4.79 Å². The quantitative estimate of drug-likeness (QED) is 0.753. The van der Waals surface area contributed by atoms with Crippen LogP contribution in [0.5, 0.6) is 0 Å². The van der Waals surface area contributed by atoms with E-state index in [2.05, 4.69) is 30.9 Å². The van der Waals surface area contributed by atoms with Gasteiger partial charge in [-0.25, -0.2) is 0 Å². The number of carbonyl (C=O) groups excluding carboxylic acids is 1. The van der Waals surface area contributed by atoms with Crippen LogP contribution in [0.25, 0.3) is 0 Å². The zero-order valence-corrected chi connectivity index (χ0v) is 9.94. The van der Waals surface area contributed by atoms with E-state index in [1.165, 1.54) is 5.56 Å². The molecule has 1 aromatic rings. The van der Waals surface area contributed by atoms with Gasteiger partial charge in [-0.05, 0) is 25.6 Å². The van der Waals surface area contributed by atoms with Gasteiger partial charge in [0.25, 0.3) is 0 Å². The van der Waals surface area contributed by atoms with Gasteiger partial charge in [0.15, 0.2) is 0 Å². The van der Waals surface area contributed by atoms with Crippen molar-refractivity contribution in [1.82, 2.24) is 4.90 Å². The van der Waals surface area contributed by atoms with Crippen LogP contribution in [0, 0.1) is 6.92 Å². The van der Waals surface area contributed by atoms with Crippen molar-refractivity contribution in [3.8, 4) is 0 Å². The second-order valence-corrected chi connectivity index (χ2v) is 4.25. The molecule has 0 bridgehead atoms. The number of rotatable bonds is 2. The Bertz CT molecular complexity index is 372. The molecule has 3 heteroatoms. The molecule has 0 atom stereocenters. The molecule has 0 aliphatic carbocycles. The van der Waals surface area contributed by atoms with Gasteiger partial charge in [0.1, 0.15) is 0 Å². The predicted octanol–water partition coefficient (Wildman–Crippen LogP) is 1.66. The van der Waals surface area contributed by atoms with Crippen LogP contribution in [0.4, 0.5) is 5.69 Å². The number of nitrogens with zero attached hydrogens (tertiary/aromatic N) is 2. The topological polar surface area (TPSA) is 23.6 Å². The summed E-state index contributed by atoms with van der Waals surface area (Å²) in [6.07, 6.45) is 0. The summed E-state index contributed by atoms with van der Waals surface area (Å²) in [5.74, 6) is 0.206. The Morgan fingerprint density at radius 2 is 1.88 bits per heavy atom. The highest BCUT2D eigenvalue weighted by molar-refractivity contribution is 5.95. The van der Waals surface area contributed by atoms with Gasteiger partial charge in [-0.15, -0.1) is 0 Å². The highest BCUT2D eigenvalue weighted by Crippen LogP contribution is 2.17. The summed E-state index contributed by atoms with van der Waals surface area (Å²) in [6, 6.07) is 8.15. The maximum Gasteiger partial charge on any atom is 0.241 e. The first-order chi connectivity index (χ1) is 7.70. The van der Waals surface area contributed by atoms with Crippen LogP contribution in [-0.4, -0.2) is 37.0 Å². The number of hydrogen-bond donors (Lipinski definition) is 0. The molecule has 1 amide bonds. The normalized spacial score (nSPS) is 17.9. The first-order valence-corrected chi connectivity index (χ1v) is 5.80. The molecular weight excluding hydrogens is 200 g/mol. The zero-order valence-electron chi connectivity index (χ0n) is 9.94. The fraction of sp³-hybridized carbons (Fsp3) is 0.462. The summed E-state index contributed by atoms with van der Waals surface area (Å²) < 4.78 is 0. The molecule has 0 spiro atoms. The molecule has 1 saturated heterocycles. The van der Waals surface area contributed by atoms with Crippen molar-refractivity contribution >= 4 is 11.6 Å². The van der Waals surface area contributed by atoms with Crippen LogP contribution in [0.2, 0.25) is 0 Å². The first kappa shape index (κ1) is 11.1. The monoisotopic (exact) mass is 218 g/mol. The largest absolute Gasteiger partial charge is 0.310 e. The molecule has 1 aliphatic rings. The molecule has 0 unspecified atom stereocenters. The molecule has 2 rings (SSSR count). The molecular formula is C13H18N2O. The summed E-state index contributed by atoms with van der Waals surface area (Å²) in [5.41, 5.74) is 2.25. The minimum Gasteiger partial charge on any atom is -0.310 e. The van der Waals surface area contributed by atoms with Gasteiger partial charge in [0.05, 0.1) is 6.54 Å². The SMILES string of the molecule is CCN1CCN(c2ccc(C)cc2)C(=O)C1. The van der Waals surface area contributed by atoms with Gasteiger partial charge >= 0.3 is 0 Å². The maximum absolute atomic E-state index is 11.9. The summed E-state index contributed by atoms with van der Waals surface area (Å²) >= 11 is 0. The van der Waals surface area contributed by atoms with E-state index in [9.17, 15) is 4.79 Å². The van der Waals surface area contributed by atoms with E-state index in [0.717, 1.165) is 25.3 Å². The van der Waals surface area contributed by atoms with E-state index in [0.29, 0.717) is 6.54 Å². The molecule has 0 aromatic heterocycles. The van der Waals surface area contributed by atoms with Crippen molar-refractivity contribution in [2.75, 3.05) is 31.1 Å².